The average molecular weight is 346 g/mol. The largest absolute Gasteiger partial charge is 0.399 e. The smallest absolute Gasteiger partial charge is 0.0727 e. The van der Waals surface area contributed by atoms with Crippen molar-refractivity contribution < 1.29 is 0 Å². The van der Waals surface area contributed by atoms with Crippen LogP contribution in [0.1, 0.15) is 22.3 Å². The second-order valence-electron chi connectivity index (χ2n) is 7.42. The Bertz CT molecular complexity index is 1250. The van der Waals surface area contributed by atoms with Gasteiger partial charge in [-0.25, -0.2) is 0 Å². The minimum Gasteiger partial charge on any atom is -0.399 e. The van der Waals surface area contributed by atoms with E-state index < -0.39 is 0 Å². The van der Waals surface area contributed by atoms with Gasteiger partial charge in [-0.2, -0.15) is 0 Å². The van der Waals surface area contributed by atoms with E-state index in [2.05, 4.69) is 72.8 Å². The predicted molar refractivity (Wildman–Crippen MR) is 112 cm³/mol. The summed E-state index contributed by atoms with van der Waals surface area (Å²) in [5.41, 5.74) is 24.0. The van der Waals surface area contributed by atoms with E-state index in [1.54, 1.807) is 0 Å². The minimum absolute atomic E-state index is 0.359. The summed E-state index contributed by atoms with van der Waals surface area (Å²) in [7, 11) is 0. The van der Waals surface area contributed by atoms with E-state index >= 15 is 0 Å². The Kier molecular flexibility index (Phi) is 2.60. The Labute approximate surface area is 158 Å². The van der Waals surface area contributed by atoms with Gasteiger partial charge in [-0.1, -0.05) is 66.7 Å². The average Bonchev–Trinajstić information content (AvgIpc) is 3.15. The molecule has 0 heterocycles. The van der Waals surface area contributed by atoms with E-state index in [4.69, 9.17) is 11.5 Å². The normalized spacial score (nSPS) is 18.1. The number of nitrogens with two attached hydrogens (primary N) is 2. The van der Waals surface area contributed by atoms with Crippen molar-refractivity contribution in [1.29, 1.82) is 0 Å². The molecule has 4 aromatic carbocycles. The molecule has 1 spiro atoms. The van der Waals surface area contributed by atoms with Crippen molar-refractivity contribution in [2.24, 2.45) is 0 Å². The molecule has 0 amide bonds. The van der Waals surface area contributed by atoms with Gasteiger partial charge < -0.3 is 11.5 Å². The van der Waals surface area contributed by atoms with Crippen LogP contribution >= 0.6 is 0 Å². The highest BCUT2D eigenvalue weighted by molar-refractivity contribution is 5.98. The zero-order valence-electron chi connectivity index (χ0n) is 14.7. The SMILES string of the molecule is Nc1ccc2c(c1)C1(c3ccccc3-2)c2ccccc2-c2c(N)cccc21. The van der Waals surface area contributed by atoms with Crippen LogP contribution in [0.2, 0.25) is 0 Å². The Morgan fingerprint density at radius 2 is 1.15 bits per heavy atom. The van der Waals surface area contributed by atoms with Crippen LogP contribution in [0.25, 0.3) is 22.3 Å². The summed E-state index contributed by atoms with van der Waals surface area (Å²) in [5, 5.41) is 0. The van der Waals surface area contributed by atoms with Crippen molar-refractivity contribution in [3.63, 3.8) is 0 Å². The monoisotopic (exact) mass is 346 g/mol. The van der Waals surface area contributed by atoms with Crippen LogP contribution < -0.4 is 11.5 Å². The van der Waals surface area contributed by atoms with Gasteiger partial charge in [0.25, 0.3) is 0 Å². The van der Waals surface area contributed by atoms with E-state index in [1.807, 2.05) is 12.1 Å². The summed E-state index contributed by atoms with van der Waals surface area (Å²) in [6.07, 6.45) is 0. The summed E-state index contributed by atoms with van der Waals surface area (Å²) in [4.78, 5) is 0. The highest BCUT2D eigenvalue weighted by Gasteiger charge is 2.51. The quantitative estimate of drug-likeness (QED) is 0.372. The number of benzene rings is 4. The van der Waals surface area contributed by atoms with E-state index in [0.29, 0.717) is 0 Å². The lowest BCUT2D eigenvalue weighted by Gasteiger charge is -2.30. The molecule has 6 rings (SSSR count). The molecule has 0 saturated heterocycles. The molecule has 0 bridgehead atoms. The van der Waals surface area contributed by atoms with Crippen molar-refractivity contribution >= 4 is 11.4 Å². The molecule has 2 nitrogen and oxygen atoms in total. The first-order valence-electron chi connectivity index (χ1n) is 9.21. The maximum absolute atomic E-state index is 6.48. The van der Waals surface area contributed by atoms with Crippen LogP contribution in [0.5, 0.6) is 0 Å². The van der Waals surface area contributed by atoms with Crippen LogP contribution in [-0.2, 0) is 5.41 Å². The first kappa shape index (κ1) is 14.6. The Hall–Kier alpha value is -3.52. The summed E-state index contributed by atoms with van der Waals surface area (Å²) in [6, 6.07) is 29.9. The lowest BCUT2D eigenvalue weighted by atomic mass is 9.70. The van der Waals surface area contributed by atoms with Gasteiger partial charge in [-0.15, -0.1) is 0 Å². The molecule has 2 aliphatic carbocycles. The van der Waals surface area contributed by atoms with Crippen molar-refractivity contribution in [2.75, 3.05) is 11.5 Å². The van der Waals surface area contributed by atoms with Crippen molar-refractivity contribution in [3.8, 4) is 22.3 Å². The third-order valence-corrected chi connectivity index (χ3v) is 6.17. The molecule has 4 aromatic rings. The van der Waals surface area contributed by atoms with E-state index in [9.17, 15) is 0 Å². The number of hydrogen-bond acceptors (Lipinski definition) is 2. The summed E-state index contributed by atoms with van der Waals surface area (Å²) >= 11 is 0. The maximum atomic E-state index is 6.48. The Morgan fingerprint density at radius 3 is 1.96 bits per heavy atom. The minimum atomic E-state index is -0.359. The number of nitrogen functional groups attached to an aromatic ring is 2. The standard InChI is InChI=1S/C25H18N2/c26-15-12-13-17-16-6-1-3-8-19(16)25(22(17)14-15)20-9-4-2-7-18(20)24-21(25)10-5-11-23(24)27/h1-14H,26-27H2. The summed E-state index contributed by atoms with van der Waals surface area (Å²) in [5.74, 6) is 0. The molecule has 2 heteroatoms. The molecule has 128 valence electrons. The topological polar surface area (TPSA) is 52.0 Å². The van der Waals surface area contributed by atoms with Crippen LogP contribution in [0.15, 0.2) is 84.9 Å². The van der Waals surface area contributed by atoms with Crippen molar-refractivity contribution in [1.82, 2.24) is 0 Å². The fraction of sp³-hybridized carbons (Fsp3) is 0.0400. The molecule has 0 aliphatic heterocycles. The zero-order valence-corrected chi connectivity index (χ0v) is 14.7. The van der Waals surface area contributed by atoms with Gasteiger partial charge in [-0.05, 0) is 57.1 Å². The van der Waals surface area contributed by atoms with Crippen LogP contribution in [-0.4, -0.2) is 0 Å². The second kappa shape index (κ2) is 4.80. The lowest BCUT2D eigenvalue weighted by molar-refractivity contribution is 0.794. The molecule has 0 aromatic heterocycles. The summed E-state index contributed by atoms with van der Waals surface area (Å²) in [6.45, 7) is 0. The third-order valence-electron chi connectivity index (χ3n) is 6.17. The Balaban J connectivity index is 1.89. The van der Waals surface area contributed by atoms with E-state index in [-0.39, 0.29) is 5.41 Å². The fourth-order valence-corrected chi connectivity index (χ4v) is 5.23. The molecule has 4 N–H and O–H groups in total. The molecule has 2 aliphatic rings. The number of hydrogen-bond donors (Lipinski definition) is 2. The van der Waals surface area contributed by atoms with E-state index in [1.165, 1.54) is 38.9 Å². The fourth-order valence-electron chi connectivity index (χ4n) is 5.23. The highest BCUT2D eigenvalue weighted by atomic mass is 14.6. The van der Waals surface area contributed by atoms with Gasteiger partial charge in [0.05, 0.1) is 5.41 Å². The number of rotatable bonds is 0. The van der Waals surface area contributed by atoms with Crippen molar-refractivity contribution in [3.05, 3.63) is 107 Å². The lowest BCUT2D eigenvalue weighted by Crippen LogP contribution is -2.26. The molecule has 0 saturated carbocycles. The maximum Gasteiger partial charge on any atom is 0.0727 e. The molecule has 0 radical (unpaired) electrons. The first-order valence-corrected chi connectivity index (χ1v) is 9.21. The van der Waals surface area contributed by atoms with Crippen LogP contribution in [0.3, 0.4) is 0 Å². The molecular weight excluding hydrogens is 328 g/mol. The van der Waals surface area contributed by atoms with Gasteiger partial charge in [0.1, 0.15) is 0 Å². The van der Waals surface area contributed by atoms with Gasteiger partial charge in [0, 0.05) is 16.9 Å². The number of fused-ring (bicyclic) bond motifs is 10. The zero-order chi connectivity index (χ0) is 18.2. The van der Waals surface area contributed by atoms with Gasteiger partial charge >= 0.3 is 0 Å². The van der Waals surface area contributed by atoms with Crippen LogP contribution in [0.4, 0.5) is 11.4 Å². The second-order valence-corrected chi connectivity index (χ2v) is 7.42. The summed E-state index contributed by atoms with van der Waals surface area (Å²) < 4.78 is 0. The van der Waals surface area contributed by atoms with E-state index in [0.717, 1.165) is 16.9 Å². The third kappa shape index (κ3) is 1.57. The van der Waals surface area contributed by atoms with Gasteiger partial charge in [-0.3, -0.25) is 0 Å². The number of anilines is 2. The molecule has 0 fully saturated rings. The molecule has 1 unspecified atom stereocenters. The van der Waals surface area contributed by atoms with Gasteiger partial charge in [0.15, 0.2) is 0 Å². The van der Waals surface area contributed by atoms with Gasteiger partial charge in [0.2, 0.25) is 0 Å². The highest BCUT2D eigenvalue weighted by Crippen LogP contribution is 2.63. The molecular formula is C25H18N2. The van der Waals surface area contributed by atoms with Crippen LogP contribution in [0, 0.1) is 0 Å². The predicted octanol–water partition coefficient (Wildman–Crippen LogP) is 5.19. The molecule has 1 atom stereocenters. The molecule has 27 heavy (non-hydrogen) atoms. The first-order chi connectivity index (χ1) is 13.2. The Morgan fingerprint density at radius 1 is 0.519 bits per heavy atom. The van der Waals surface area contributed by atoms with Crippen molar-refractivity contribution in [2.45, 2.75) is 5.41 Å².